The fourth-order valence-electron chi connectivity index (χ4n) is 2.10. The molecule has 0 aromatic rings. The molecule has 0 aliphatic heterocycles. The predicted molar refractivity (Wildman–Crippen MR) is 92.5 cm³/mol. The number of hydrogen-bond donors (Lipinski definition) is 5. The van der Waals surface area contributed by atoms with Crippen molar-refractivity contribution in [1.82, 2.24) is 16.0 Å². The van der Waals surface area contributed by atoms with Crippen LogP contribution in [-0.4, -0.2) is 54.0 Å². The molecule has 25 heavy (non-hydrogen) atoms. The Morgan fingerprint density at radius 3 is 1.88 bits per heavy atom. The molecule has 3 amide bonds. The SMILES string of the molecule is CCC(C)C(NC(=O)C(NC(=O)CNC(=O)CN)C(C)CC)C(=O)O. The number of aliphatic carboxylic acids is 1. The Balaban J connectivity index is 5.00. The molecule has 0 radical (unpaired) electrons. The second-order valence-corrected chi connectivity index (χ2v) is 6.12. The van der Waals surface area contributed by atoms with Gasteiger partial charge >= 0.3 is 5.97 Å². The molecule has 0 saturated carbocycles. The van der Waals surface area contributed by atoms with E-state index >= 15 is 0 Å². The van der Waals surface area contributed by atoms with Crippen LogP contribution in [0.3, 0.4) is 0 Å². The maximum Gasteiger partial charge on any atom is 0.326 e. The third-order valence-electron chi connectivity index (χ3n) is 4.22. The summed E-state index contributed by atoms with van der Waals surface area (Å²) in [6, 6.07) is -1.92. The van der Waals surface area contributed by atoms with Crippen molar-refractivity contribution in [3.63, 3.8) is 0 Å². The molecule has 0 spiro atoms. The molecule has 0 fully saturated rings. The molecule has 4 atom stereocenters. The number of nitrogens with one attached hydrogen (secondary N) is 3. The number of carboxylic acids is 1. The highest BCUT2D eigenvalue weighted by Crippen LogP contribution is 2.12. The van der Waals surface area contributed by atoms with Gasteiger partial charge in [0, 0.05) is 0 Å². The van der Waals surface area contributed by atoms with Crippen LogP contribution in [0.1, 0.15) is 40.5 Å². The Bertz CT molecular complexity index is 483. The lowest BCUT2D eigenvalue weighted by Crippen LogP contribution is -2.56. The van der Waals surface area contributed by atoms with Crippen LogP contribution in [0.5, 0.6) is 0 Å². The van der Waals surface area contributed by atoms with E-state index in [-0.39, 0.29) is 24.9 Å². The van der Waals surface area contributed by atoms with Gasteiger partial charge in [0.05, 0.1) is 13.1 Å². The third kappa shape index (κ3) is 7.97. The molecule has 0 saturated heterocycles. The van der Waals surface area contributed by atoms with Gasteiger partial charge in [-0.1, -0.05) is 40.5 Å². The van der Waals surface area contributed by atoms with E-state index in [1.807, 2.05) is 13.8 Å². The molecule has 4 unspecified atom stereocenters. The molecule has 0 aromatic heterocycles. The molecule has 0 heterocycles. The van der Waals surface area contributed by atoms with Crippen molar-refractivity contribution in [2.24, 2.45) is 17.6 Å². The van der Waals surface area contributed by atoms with Crippen molar-refractivity contribution in [3.05, 3.63) is 0 Å². The van der Waals surface area contributed by atoms with Crippen LogP contribution in [-0.2, 0) is 19.2 Å². The zero-order chi connectivity index (χ0) is 19.6. The van der Waals surface area contributed by atoms with Gasteiger partial charge in [-0.25, -0.2) is 4.79 Å². The number of hydrogen-bond acceptors (Lipinski definition) is 5. The van der Waals surface area contributed by atoms with Gasteiger partial charge in [-0.05, 0) is 11.8 Å². The van der Waals surface area contributed by atoms with E-state index in [2.05, 4.69) is 16.0 Å². The monoisotopic (exact) mass is 358 g/mol. The summed E-state index contributed by atoms with van der Waals surface area (Å²) in [5, 5.41) is 16.7. The lowest BCUT2D eigenvalue weighted by atomic mass is 9.95. The highest BCUT2D eigenvalue weighted by Gasteiger charge is 2.31. The van der Waals surface area contributed by atoms with Crippen LogP contribution in [0.2, 0.25) is 0 Å². The summed E-state index contributed by atoms with van der Waals surface area (Å²) in [6.07, 6.45) is 1.19. The Morgan fingerprint density at radius 2 is 1.44 bits per heavy atom. The van der Waals surface area contributed by atoms with E-state index in [1.54, 1.807) is 13.8 Å². The molecule has 0 aliphatic carbocycles. The van der Waals surface area contributed by atoms with E-state index in [0.29, 0.717) is 12.8 Å². The standard InChI is InChI=1S/C16H30N4O5/c1-5-9(3)13(19-12(22)8-18-11(21)7-17)15(23)20-14(16(24)25)10(4)6-2/h9-10,13-14H,5-8,17H2,1-4H3,(H,18,21)(H,19,22)(H,20,23)(H,24,25). The summed E-state index contributed by atoms with van der Waals surface area (Å²) in [7, 11) is 0. The van der Waals surface area contributed by atoms with Crippen LogP contribution in [0.15, 0.2) is 0 Å². The first kappa shape index (κ1) is 22.8. The van der Waals surface area contributed by atoms with Crippen LogP contribution in [0.4, 0.5) is 0 Å². The summed E-state index contributed by atoms with van der Waals surface area (Å²) in [5.41, 5.74) is 5.14. The molecule has 0 aliphatic rings. The molecule has 0 bridgehead atoms. The van der Waals surface area contributed by atoms with Crippen LogP contribution in [0, 0.1) is 11.8 Å². The Hall–Kier alpha value is -2.16. The van der Waals surface area contributed by atoms with E-state index in [1.165, 1.54) is 0 Å². The van der Waals surface area contributed by atoms with Crippen molar-refractivity contribution >= 4 is 23.7 Å². The first-order valence-corrected chi connectivity index (χ1v) is 8.47. The minimum atomic E-state index is -1.12. The predicted octanol–water partition coefficient (Wildman–Crippen LogP) is -0.792. The van der Waals surface area contributed by atoms with Gasteiger partial charge in [-0.2, -0.15) is 0 Å². The maximum atomic E-state index is 12.5. The maximum absolute atomic E-state index is 12.5. The Labute approximate surface area is 148 Å². The molecular formula is C16H30N4O5. The molecule has 0 rings (SSSR count). The van der Waals surface area contributed by atoms with Crippen molar-refractivity contribution in [3.8, 4) is 0 Å². The van der Waals surface area contributed by atoms with Gasteiger partial charge in [0.15, 0.2) is 0 Å². The fourth-order valence-corrected chi connectivity index (χ4v) is 2.10. The van der Waals surface area contributed by atoms with Gasteiger partial charge in [-0.3, -0.25) is 14.4 Å². The topological polar surface area (TPSA) is 151 Å². The average Bonchev–Trinajstić information content (AvgIpc) is 2.59. The van der Waals surface area contributed by atoms with Crippen molar-refractivity contribution in [2.75, 3.05) is 13.1 Å². The minimum Gasteiger partial charge on any atom is -0.480 e. The Kier molecular flexibility index (Phi) is 10.4. The summed E-state index contributed by atoms with van der Waals surface area (Å²) >= 11 is 0. The number of rotatable bonds is 11. The number of nitrogens with two attached hydrogens (primary N) is 1. The smallest absolute Gasteiger partial charge is 0.326 e. The quantitative estimate of drug-likeness (QED) is 0.326. The van der Waals surface area contributed by atoms with Gasteiger partial charge in [0.2, 0.25) is 17.7 Å². The van der Waals surface area contributed by atoms with Gasteiger partial charge in [0.1, 0.15) is 12.1 Å². The van der Waals surface area contributed by atoms with Gasteiger partial charge < -0.3 is 26.8 Å². The molecule has 144 valence electrons. The lowest BCUT2D eigenvalue weighted by Gasteiger charge is -2.27. The number of carbonyl (C=O) groups excluding carboxylic acids is 3. The number of carbonyl (C=O) groups is 4. The largest absolute Gasteiger partial charge is 0.480 e. The summed E-state index contributed by atoms with van der Waals surface area (Å²) in [5.74, 6) is -3.16. The summed E-state index contributed by atoms with van der Waals surface area (Å²) in [4.78, 5) is 46.9. The second kappa shape index (κ2) is 11.4. The first-order chi connectivity index (χ1) is 11.7. The van der Waals surface area contributed by atoms with Crippen molar-refractivity contribution < 1.29 is 24.3 Å². The van der Waals surface area contributed by atoms with Gasteiger partial charge in [0.25, 0.3) is 0 Å². The summed E-state index contributed by atoms with van der Waals surface area (Å²) < 4.78 is 0. The van der Waals surface area contributed by atoms with E-state index < -0.39 is 35.8 Å². The normalized spacial score (nSPS) is 15.4. The van der Waals surface area contributed by atoms with Crippen LogP contribution in [0.25, 0.3) is 0 Å². The zero-order valence-electron chi connectivity index (χ0n) is 15.3. The van der Waals surface area contributed by atoms with E-state index in [4.69, 9.17) is 5.73 Å². The second-order valence-electron chi connectivity index (χ2n) is 6.12. The van der Waals surface area contributed by atoms with Crippen LogP contribution >= 0.6 is 0 Å². The van der Waals surface area contributed by atoms with Crippen molar-refractivity contribution in [2.45, 2.75) is 52.6 Å². The first-order valence-electron chi connectivity index (χ1n) is 8.47. The van der Waals surface area contributed by atoms with Gasteiger partial charge in [-0.15, -0.1) is 0 Å². The molecule has 6 N–H and O–H groups in total. The fraction of sp³-hybridized carbons (Fsp3) is 0.750. The number of amides is 3. The summed E-state index contributed by atoms with van der Waals surface area (Å²) in [6.45, 7) is 6.67. The average molecular weight is 358 g/mol. The molecule has 0 aromatic carbocycles. The third-order valence-corrected chi connectivity index (χ3v) is 4.22. The highest BCUT2D eigenvalue weighted by atomic mass is 16.4. The highest BCUT2D eigenvalue weighted by molar-refractivity contribution is 5.92. The van der Waals surface area contributed by atoms with Crippen LogP contribution < -0.4 is 21.7 Å². The minimum absolute atomic E-state index is 0.208. The Morgan fingerprint density at radius 1 is 0.920 bits per heavy atom. The number of carboxylic acid groups (broad SMARTS) is 1. The molecule has 9 heteroatoms. The lowest BCUT2D eigenvalue weighted by molar-refractivity contribution is -0.144. The van der Waals surface area contributed by atoms with Crippen molar-refractivity contribution in [1.29, 1.82) is 0 Å². The zero-order valence-corrected chi connectivity index (χ0v) is 15.3. The molecular weight excluding hydrogens is 328 g/mol. The van der Waals surface area contributed by atoms with E-state index in [0.717, 1.165) is 0 Å². The van der Waals surface area contributed by atoms with E-state index in [9.17, 15) is 24.3 Å². The molecule has 9 nitrogen and oxygen atoms in total.